The number of ether oxygens (including phenoxy) is 1. The second-order valence-electron chi connectivity index (χ2n) is 5.89. The van der Waals surface area contributed by atoms with Crippen LogP contribution in [-0.4, -0.2) is 19.7 Å². The van der Waals surface area contributed by atoms with Crippen LogP contribution in [0.5, 0.6) is 5.75 Å². The minimum atomic E-state index is 0.0331. The summed E-state index contributed by atoms with van der Waals surface area (Å²) in [6.07, 6.45) is 2.98. The van der Waals surface area contributed by atoms with Gasteiger partial charge in [0.2, 0.25) is 0 Å². The molecular weight excluding hydrogens is 234 g/mol. The number of aryl methyl sites for hydroxylation is 1. The molecule has 0 aliphatic heterocycles. The zero-order valence-corrected chi connectivity index (χ0v) is 12.9. The van der Waals surface area contributed by atoms with Crippen molar-refractivity contribution in [2.45, 2.75) is 40.2 Å². The maximum Gasteiger partial charge on any atom is 0.122 e. The van der Waals surface area contributed by atoms with Crippen molar-refractivity contribution in [3.05, 3.63) is 42.0 Å². The molecule has 106 valence electrons. The molecule has 0 radical (unpaired) electrons. The second-order valence-corrected chi connectivity index (χ2v) is 5.89. The van der Waals surface area contributed by atoms with Gasteiger partial charge in [0.25, 0.3) is 0 Å². The van der Waals surface area contributed by atoms with Crippen LogP contribution in [-0.2, 0) is 6.42 Å². The van der Waals surface area contributed by atoms with E-state index in [2.05, 4.69) is 51.7 Å². The average molecular weight is 261 g/mol. The molecule has 1 N–H and O–H groups in total. The predicted octanol–water partition coefficient (Wildman–Crippen LogP) is 3.74. The summed E-state index contributed by atoms with van der Waals surface area (Å²) in [5.41, 5.74) is 2.54. The van der Waals surface area contributed by atoms with E-state index in [1.807, 2.05) is 12.1 Å². The van der Waals surface area contributed by atoms with Gasteiger partial charge in [-0.05, 0) is 25.0 Å². The van der Waals surface area contributed by atoms with Crippen LogP contribution in [0.15, 0.2) is 30.9 Å². The zero-order valence-electron chi connectivity index (χ0n) is 12.9. The van der Waals surface area contributed by atoms with Gasteiger partial charge in [0, 0.05) is 18.0 Å². The maximum absolute atomic E-state index is 5.46. The van der Waals surface area contributed by atoms with Crippen molar-refractivity contribution < 1.29 is 4.74 Å². The van der Waals surface area contributed by atoms with Crippen molar-refractivity contribution in [2.75, 3.05) is 13.7 Å². The van der Waals surface area contributed by atoms with Gasteiger partial charge in [-0.1, -0.05) is 44.5 Å². The first-order chi connectivity index (χ1) is 8.90. The molecule has 2 heteroatoms. The number of hydrogen-bond donors (Lipinski definition) is 1. The molecule has 0 aromatic heterocycles. The fraction of sp³-hybridized carbons (Fsp3) is 0.529. The van der Waals surface area contributed by atoms with Crippen LogP contribution in [0.2, 0.25) is 0 Å². The molecule has 0 aliphatic carbocycles. The van der Waals surface area contributed by atoms with Crippen molar-refractivity contribution in [3.63, 3.8) is 0 Å². The molecule has 0 fully saturated rings. The van der Waals surface area contributed by atoms with Gasteiger partial charge < -0.3 is 10.1 Å². The van der Waals surface area contributed by atoms with E-state index < -0.39 is 0 Å². The van der Waals surface area contributed by atoms with Crippen LogP contribution in [0, 0.1) is 12.3 Å². The standard InChI is InChI=1S/C17H27NO/c1-7-17(5,12-18-13(2)3)11-15-10-14(4)8-9-16(15)19-6/h7-10,13,18H,1,11-12H2,2-6H3. The highest BCUT2D eigenvalue weighted by molar-refractivity contribution is 5.38. The Balaban J connectivity index is 2.90. The number of rotatable bonds is 7. The number of benzene rings is 1. The predicted molar refractivity (Wildman–Crippen MR) is 82.9 cm³/mol. The van der Waals surface area contributed by atoms with E-state index in [4.69, 9.17) is 4.74 Å². The van der Waals surface area contributed by atoms with Crippen molar-refractivity contribution in [2.24, 2.45) is 5.41 Å². The maximum atomic E-state index is 5.46. The van der Waals surface area contributed by atoms with Gasteiger partial charge in [0.15, 0.2) is 0 Å². The normalized spacial score (nSPS) is 14.2. The molecule has 1 aromatic carbocycles. The third kappa shape index (κ3) is 4.71. The van der Waals surface area contributed by atoms with Crippen molar-refractivity contribution in [3.8, 4) is 5.75 Å². The first kappa shape index (κ1) is 15.8. The number of methoxy groups -OCH3 is 1. The first-order valence-electron chi connectivity index (χ1n) is 6.90. The smallest absolute Gasteiger partial charge is 0.122 e. The molecule has 2 nitrogen and oxygen atoms in total. The lowest BCUT2D eigenvalue weighted by molar-refractivity contribution is 0.359. The molecule has 0 aliphatic rings. The summed E-state index contributed by atoms with van der Waals surface area (Å²) in [7, 11) is 1.73. The molecule has 1 unspecified atom stereocenters. The van der Waals surface area contributed by atoms with E-state index >= 15 is 0 Å². The lowest BCUT2D eigenvalue weighted by Gasteiger charge is -2.28. The SMILES string of the molecule is C=CC(C)(CNC(C)C)Cc1cc(C)ccc1OC. The van der Waals surface area contributed by atoms with E-state index in [0.29, 0.717) is 6.04 Å². The molecule has 19 heavy (non-hydrogen) atoms. The summed E-state index contributed by atoms with van der Waals surface area (Å²) < 4.78 is 5.46. The summed E-state index contributed by atoms with van der Waals surface area (Å²) in [6, 6.07) is 6.82. The van der Waals surface area contributed by atoms with Gasteiger partial charge >= 0.3 is 0 Å². The molecule has 1 atom stereocenters. The summed E-state index contributed by atoms with van der Waals surface area (Å²) in [6.45, 7) is 13.6. The second kappa shape index (κ2) is 6.76. The molecule has 1 rings (SSSR count). The fourth-order valence-electron chi connectivity index (χ4n) is 2.12. The van der Waals surface area contributed by atoms with Gasteiger partial charge in [-0.15, -0.1) is 6.58 Å². The Morgan fingerprint density at radius 2 is 2.11 bits per heavy atom. The Morgan fingerprint density at radius 3 is 2.63 bits per heavy atom. The lowest BCUT2D eigenvalue weighted by atomic mass is 9.83. The highest BCUT2D eigenvalue weighted by Gasteiger charge is 2.22. The van der Waals surface area contributed by atoms with E-state index in [0.717, 1.165) is 18.7 Å². The highest BCUT2D eigenvalue weighted by Crippen LogP contribution is 2.29. The summed E-state index contributed by atoms with van der Waals surface area (Å²) in [5.74, 6) is 0.961. The molecule has 0 saturated carbocycles. The van der Waals surface area contributed by atoms with Gasteiger partial charge in [-0.3, -0.25) is 0 Å². The lowest BCUT2D eigenvalue weighted by Crippen LogP contribution is -2.35. The molecule has 0 spiro atoms. The zero-order chi connectivity index (χ0) is 14.5. The Bertz CT molecular complexity index is 425. The van der Waals surface area contributed by atoms with Crippen LogP contribution in [0.4, 0.5) is 0 Å². The Labute approximate surface area is 117 Å². The van der Waals surface area contributed by atoms with Crippen LogP contribution in [0.25, 0.3) is 0 Å². The van der Waals surface area contributed by atoms with Gasteiger partial charge in [0.05, 0.1) is 7.11 Å². The third-order valence-corrected chi connectivity index (χ3v) is 3.44. The number of nitrogens with one attached hydrogen (secondary N) is 1. The van der Waals surface area contributed by atoms with E-state index in [1.165, 1.54) is 11.1 Å². The van der Waals surface area contributed by atoms with Crippen LogP contribution in [0.3, 0.4) is 0 Å². The molecule has 0 amide bonds. The van der Waals surface area contributed by atoms with Crippen molar-refractivity contribution in [1.82, 2.24) is 5.32 Å². The summed E-state index contributed by atoms with van der Waals surface area (Å²) in [4.78, 5) is 0. The molecular formula is C17H27NO. The van der Waals surface area contributed by atoms with E-state index in [9.17, 15) is 0 Å². The molecule has 1 aromatic rings. The molecule has 0 bridgehead atoms. The topological polar surface area (TPSA) is 21.3 Å². The van der Waals surface area contributed by atoms with Crippen molar-refractivity contribution >= 4 is 0 Å². The van der Waals surface area contributed by atoms with E-state index in [-0.39, 0.29) is 5.41 Å². The van der Waals surface area contributed by atoms with Crippen LogP contribution in [0.1, 0.15) is 31.9 Å². The average Bonchev–Trinajstić information content (AvgIpc) is 2.37. The summed E-state index contributed by atoms with van der Waals surface area (Å²) >= 11 is 0. The minimum absolute atomic E-state index is 0.0331. The minimum Gasteiger partial charge on any atom is -0.496 e. The Hall–Kier alpha value is -1.28. The largest absolute Gasteiger partial charge is 0.496 e. The summed E-state index contributed by atoms with van der Waals surface area (Å²) in [5, 5.41) is 3.50. The molecule has 0 saturated heterocycles. The third-order valence-electron chi connectivity index (χ3n) is 3.44. The van der Waals surface area contributed by atoms with Crippen LogP contribution < -0.4 is 10.1 Å². The van der Waals surface area contributed by atoms with Crippen LogP contribution >= 0.6 is 0 Å². The monoisotopic (exact) mass is 261 g/mol. The Morgan fingerprint density at radius 1 is 1.42 bits per heavy atom. The van der Waals surface area contributed by atoms with Gasteiger partial charge in [-0.25, -0.2) is 0 Å². The fourth-order valence-corrected chi connectivity index (χ4v) is 2.12. The quantitative estimate of drug-likeness (QED) is 0.755. The molecule has 0 heterocycles. The van der Waals surface area contributed by atoms with Crippen molar-refractivity contribution in [1.29, 1.82) is 0 Å². The van der Waals surface area contributed by atoms with E-state index in [1.54, 1.807) is 7.11 Å². The van der Waals surface area contributed by atoms with Gasteiger partial charge in [-0.2, -0.15) is 0 Å². The number of hydrogen-bond acceptors (Lipinski definition) is 2. The Kier molecular flexibility index (Phi) is 5.61. The highest BCUT2D eigenvalue weighted by atomic mass is 16.5. The van der Waals surface area contributed by atoms with Gasteiger partial charge in [0.1, 0.15) is 5.75 Å². The first-order valence-corrected chi connectivity index (χ1v) is 6.90.